The van der Waals surface area contributed by atoms with E-state index >= 15 is 0 Å². The molecule has 0 saturated heterocycles. The third kappa shape index (κ3) is 5.72. The molecule has 10 heavy (non-hydrogen) atoms. The van der Waals surface area contributed by atoms with Crippen molar-refractivity contribution in [2.24, 2.45) is 5.92 Å². The minimum Gasteiger partial charge on any atom is -0.127 e. The van der Waals surface area contributed by atoms with Crippen LogP contribution in [0.5, 0.6) is 0 Å². The van der Waals surface area contributed by atoms with Crippen molar-refractivity contribution in [1.82, 2.24) is 0 Å². The third-order valence-electron chi connectivity index (χ3n) is 1.12. The summed E-state index contributed by atoms with van der Waals surface area (Å²) < 4.78 is 0. The molecule has 0 bridgehead atoms. The molecule has 0 aliphatic heterocycles. The van der Waals surface area contributed by atoms with E-state index in [0.29, 0.717) is 11.8 Å². The number of halogens is 1. The van der Waals surface area contributed by atoms with E-state index in [-0.39, 0.29) is 0 Å². The van der Waals surface area contributed by atoms with Crippen LogP contribution >= 0.6 is 11.6 Å². The summed E-state index contributed by atoms with van der Waals surface area (Å²) in [5.74, 6) is 7.09. The van der Waals surface area contributed by atoms with E-state index in [4.69, 9.17) is 11.6 Å². The molecule has 0 heterocycles. The van der Waals surface area contributed by atoms with E-state index < -0.39 is 0 Å². The summed E-state index contributed by atoms with van der Waals surface area (Å²) in [6.07, 6.45) is 3.73. The van der Waals surface area contributed by atoms with E-state index in [1.807, 2.05) is 13.0 Å². The summed E-state index contributed by atoms with van der Waals surface area (Å²) in [5.41, 5.74) is 0. The van der Waals surface area contributed by atoms with Gasteiger partial charge in [-0.05, 0) is 13.3 Å². The molecule has 0 N–H and O–H groups in total. The van der Waals surface area contributed by atoms with Gasteiger partial charge in [0.25, 0.3) is 0 Å². The molecule has 0 aromatic heterocycles. The van der Waals surface area contributed by atoms with Gasteiger partial charge in [-0.3, -0.25) is 0 Å². The highest BCUT2D eigenvalue weighted by atomic mass is 35.5. The fourth-order valence-corrected chi connectivity index (χ4v) is 0.581. The highest BCUT2D eigenvalue weighted by Gasteiger charge is 1.84. The van der Waals surface area contributed by atoms with Crippen molar-refractivity contribution in [1.29, 1.82) is 0 Å². The number of hydrogen-bond donors (Lipinski definition) is 0. The summed E-state index contributed by atoms with van der Waals surface area (Å²) in [4.78, 5) is 0. The van der Waals surface area contributed by atoms with Crippen LogP contribution in [0.25, 0.3) is 0 Å². The van der Waals surface area contributed by atoms with Gasteiger partial charge in [0.15, 0.2) is 0 Å². The highest BCUT2D eigenvalue weighted by Crippen LogP contribution is 1.93. The molecule has 0 aromatic rings. The molecule has 0 radical (unpaired) electrons. The van der Waals surface area contributed by atoms with Crippen molar-refractivity contribution < 1.29 is 0 Å². The molecule has 0 saturated carbocycles. The van der Waals surface area contributed by atoms with Crippen LogP contribution in [-0.2, 0) is 0 Å². The second kappa shape index (κ2) is 6.71. The number of hydrogen-bond acceptors (Lipinski definition) is 0. The maximum absolute atomic E-state index is 5.46. The van der Waals surface area contributed by atoms with Gasteiger partial charge in [0, 0.05) is 18.2 Å². The monoisotopic (exact) mass is 156 g/mol. The Labute approximate surface area is 68.3 Å². The van der Waals surface area contributed by atoms with Crippen molar-refractivity contribution >= 4 is 11.6 Å². The summed E-state index contributed by atoms with van der Waals surface area (Å²) in [7, 11) is 0. The Hall–Kier alpha value is -0.410. The van der Waals surface area contributed by atoms with Gasteiger partial charge in [0.2, 0.25) is 0 Å². The molecule has 0 fully saturated rings. The number of alkyl halides is 1. The van der Waals surface area contributed by atoms with Gasteiger partial charge in [-0.1, -0.05) is 12.0 Å². The molecule has 0 aromatic carbocycles. The van der Waals surface area contributed by atoms with Gasteiger partial charge >= 0.3 is 0 Å². The van der Waals surface area contributed by atoms with Crippen molar-refractivity contribution in [2.45, 2.75) is 19.8 Å². The van der Waals surface area contributed by atoms with Gasteiger partial charge in [0.05, 0.1) is 0 Å². The fourth-order valence-electron chi connectivity index (χ4n) is 0.447. The second-order valence-corrected chi connectivity index (χ2v) is 2.52. The van der Waals surface area contributed by atoms with Gasteiger partial charge in [0.1, 0.15) is 0 Å². The van der Waals surface area contributed by atoms with E-state index in [9.17, 15) is 0 Å². The normalized spacial score (nSPS) is 11.4. The Bertz CT molecular complexity index is 139. The van der Waals surface area contributed by atoms with Crippen LogP contribution in [0.2, 0.25) is 0 Å². The van der Waals surface area contributed by atoms with E-state index in [2.05, 4.69) is 18.4 Å². The minimum atomic E-state index is 0.315. The lowest BCUT2D eigenvalue weighted by Crippen LogP contribution is -1.80. The average Bonchev–Trinajstić information content (AvgIpc) is 1.98. The van der Waals surface area contributed by atoms with Crippen LogP contribution in [0.4, 0.5) is 0 Å². The first-order chi connectivity index (χ1) is 4.81. The van der Waals surface area contributed by atoms with Crippen LogP contribution in [0.15, 0.2) is 12.7 Å². The molecule has 1 heteroatoms. The molecule has 0 amide bonds. The fraction of sp³-hybridized carbons (Fsp3) is 0.556. The van der Waals surface area contributed by atoms with Crippen molar-refractivity contribution in [3.8, 4) is 11.8 Å². The summed E-state index contributed by atoms with van der Waals surface area (Å²) in [5, 5.41) is 0. The Morgan fingerprint density at radius 2 is 2.40 bits per heavy atom. The zero-order valence-corrected chi connectivity index (χ0v) is 7.12. The number of unbranched alkanes of at least 4 members (excludes halogenated alkanes) is 1. The van der Waals surface area contributed by atoms with Crippen LogP contribution in [0, 0.1) is 17.8 Å². The molecule has 0 rings (SSSR count). The first kappa shape index (κ1) is 9.59. The first-order valence-corrected chi connectivity index (χ1v) is 4.01. The SMILES string of the molecule is C=CC(C)C#CCCCCl. The lowest BCUT2D eigenvalue weighted by atomic mass is 10.2. The molecular weight excluding hydrogens is 144 g/mol. The van der Waals surface area contributed by atoms with Crippen molar-refractivity contribution in [2.75, 3.05) is 5.88 Å². The Balaban J connectivity index is 3.38. The van der Waals surface area contributed by atoms with E-state index in [1.165, 1.54) is 0 Å². The number of allylic oxidation sites excluding steroid dienone is 1. The summed E-state index contributed by atoms with van der Waals surface area (Å²) in [6.45, 7) is 5.66. The maximum atomic E-state index is 5.46. The highest BCUT2D eigenvalue weighted by molar-refractivity contribution is 6.17. The first-order valence-electron chi connectivity index (χ1n) is 3.48. The zero-order chi connectivity index (χ0) is 7.82. The molecule has 0 nitrogen and oxygen atoms in total. The predicted octanol–water partition coefficient (Wildman–Crippen LogP) is 2.83. The zero-order valence-electron chi connectivity index (χ0n) is 6.36. The maximum Gasteiger partial charge on any atom is 0.0351 e. The molecule has 0 aliphatic carbocycles. The van der Waals surface area contributed by atoms with Crippen molar-refractivity contribution in [3.63, 3.8) is 0 Å². The van der Waals surface area contributed by atoms with Crippen LogP contribution in [-0.4, -0.2) is 5.88 Å². The third-order valence-corrected chi connectivity index (χ3v) is 1.39. The molecule has 0 aliphatic rings. The quantitative estimate of drug-likeness (QED) is 0.255. The lowest BCUT2D eigenvalue weighted by molar-refractivity contribution is 0.959. The van der Waals surface area contributed by atoms with Crippen LogP contribution < -0.4 is 0 Å². The van der Waals surface area contributed by atoms with Gasteiger partial charge < -0.3 is 0 Å². The largest absolute Gasteiger partial charge is 0.127 e. The second-order valence-electron chi connectivity index (χ2n) is 2.14. The van der Waals surface area contributed by atoms with Crippen LogP contribution in [0.3, 0.4) is 0 Å². The number of rotatable bonds is 3. The Kier molecular flexibility index (Phi) is 6.43. The summed E-state index contributed by atoms with van der Waals surface area (Å²) in [6, 6.07) is 0. The standard InChI is InChI=1S/C9H13Cl/c1-3-9(2)7-5-4-6-8-10/h3,9H,1,4,6,8H2,2H3. The predicted molar refractivity (Wildman–Crippen MR) is 47.1 cm³/mol. The van der Waals surface area contributed by atoms with Crippen molar-refractivity contribution in [3.05, 3.63) is 12.7 Å². The molecular formula is C9H13Cl. The average molecular weight is 157 g/mol. The van der Waals surface area contributed by atoms with E-state index in [1.54, 1.807) is 0 Å². The van der Waals surface area contributed by atoms with Crippen LogP contribution in [0.1, 0.15) is 19.8 Å². The topological polar surface area (TPSA) is 0 Å². The van der Waals surface area contributed by atoms with E-state index in [0.717, 1.165) is 12.8 Å². The van der Waals surface area contributed by atoms with Gasteiger partial charge in [-0.25, -0.2) is 0 Å². The molecule has 1 unspecified atom stereocenters. The molecule has 0 spiro atoms. The summed E-state index contributed by atoms with van der Waals surface area (Å²) >= 11 is 5.46. The molecule has 56 valence electrons. The minimum absolute atomic E-state index is 0.315. The molecule has 1 atom stereocenters. The van der Waals surface area contributed by atoms with Gasteiger partial charge in [-0.15, -0.1) is 24.1 Å². The Morgan fingerprint density at radius 3 is 2.90 bits per heavy atom. The lowest BCUT2D eigenvalue weighted by Gasteiger charge is -1.89. The Morgan fingerprint density at radius 1 is 1.70 bits per heavy atom. The smallest absolute Gasteiger partial charge is 0.0351 e. The van der Waals surface area contributed by atoms with Gasteiger partial charge in [-0.2, -0.15) is 0 Å².